The van der Waals surface area contributed by atoms with Gasteiger partial charge in [-0.05, 0) is 0 Å². The molecule has 0 N–H and O–H groups in total. The number of rotatable bonds is 3. The Bertz CT molecular complexity index is 271. The molecule has 0 atom stereocenters. The molecule has 0 aromatic heterocycles. The minimum absolute atomic E-state index is 0.832. The molecule has 1 aromatic rings. The van der Waals surface area contributed by atoms with Gasteiger partial charge in [0.2, 0.25) is 0 Å². The molecule has 0 amide bonds. The van der Waals surface area contributed by atoms with Gasteiger partial charge in [0, 0.05) is 0 Å². The maximum atomic E-state index is 12.2. The molecular weight excluding hydrogens is 211 g/mol. The summed E-state index contributed by atoms with van der Waals surface area (Å²) < 4.78 is 13.3. The van der Waals surface area contributed by atoms with Crippen LogP contribution in [0.15, 0.2) is 30.3 Å². The topological polar surface area (TPSA) is 17.1 Å². The van der Waals surface area contributed by atoms with E-state index in [9.17, 15) is 3.74 Å². The van der Waals surface area contributed by atoms with Gasteiger partial charge in [-0.3, -0.25) is 0 Å². The fraction of sp³-hybridized carbons (Fsp3) is 0.400. The predicted octanol–water partition coefficient (Wildman–Crippen LogP) is 2.31. The Morgan fingerprint density at radius 2 is 1.58 bits per heavy atom. The van der Waals surface area contributed by atoms with E-state index in [0.29, 0.717) is 0 Å². The minimum atomic E-state index is -2.67. The SMILES string of the molecule is CC[As](=O)(CC)c1ccccc1. The summed E-state index contributed by atoms with van der Waals surface area (Å²) in [5.41, 5.74) is 0. The Hall–Kier alpha value is -0.422. The van der Waals surface area contributed by atoms with E-state index in [1.165, 1.54) is 0 Å². The van der Waals surface area contributed by atoms with E-state index >= 15 is 0 Å². The molecule has 0 saturated carbocycles. The molecule has 0 fully saturated rings. The molecule has 0 aliphatic carbocycles. The summed E-state index contributed by atoms with van der Waals surface area (Å²) in [5, 5.41) is 1.66. The molecule has 0 radical (unpaired) electrons. The van der Waals surface area contributed by atoms with Gasteiger partial charge >= 0.3 is 76.2 Å². The molecule has 1 rings (SSSR count). The number of hydrogen-bond donors (Lipinski definition) is 0. The van der Waals surface area contributed by atoms with Crippen LogP contribution >= 0.6 is 0 Å². The summed E-state index contributed by atoms with van der Waals surface area (Å²) >= 11 is -2.67. The van der Waals surface area contributed by atoms with Crippen molar-refractivity contribution in [2.45, 2.75) is 24.3 Å². The van der Waals surface area contributed by atoms with E-state index < -0.39 is 13.5 Å². The third kappa shape index (κ3) is 1.84. The van der Waals surface area contributed by atoms with Crippen molar-refractivity contribution in [1.82, 2.24) is 0 Å². The van der Waals surface area contributed by atoms with Crippen molar-refractivity contribution >= 4 is 17.8 Å². The van der Waals surface area contributed by atoms with E-state index in [2.05, 4.69) is 0 Å². The summed E-state index contributed by atoms with van der Waals surface area (Å²) in [6.07, 6.45) is 0. The van der Waals surface area contributed by atoms with Gasteiger partial charge < -0.3 is 0 Å². The van der Waals surface area contributed by atoms with E-state index in [1.54, 1.807) is 0 Å². The Kier molecular flexibility index (Phi) is 3.22. The Morgan fingerprint density at radius 3 is 2.00 bits per heavy atom. The van der Waals surface area contributed by atoms with Gasteiger partial charge in [0.05, 0.1) is 0 Å². The van der Waals surface area contributed by atoms with Crippen molar-refractivity contribution in [3.8, 4) is 0 Å². The first-order valence-electron chi connectivity index (χ1n) is 4.36. The number of benzene rings is 1. The molecule has 0 aliphatic heterocycles. The average Bonchev–Trinajstić information content (AvgIpc) is 2.18. The van der Waals surface area contributed by atoms with E-state index in [-0.39, 0.29) is 0 Å². The fourth-order valence-electron chi connectivity index (χ4n) is 1.29. The monoisotopic (exact) mass is 226 g/mol. The zero-order valence-corrected chi connectivity index (χ0v) is 9.53. The first-order chi connectivity index (χ1) is 5.73. The second kappa shape index (κ2) is 4.00. The van der Waals surface area contributed by atoms with E-state index in [0.717, 1.165) is 14.8 Å². The summed E-state index contributed by atoms with van der Waals surface area (Å²) in [7, 11) is 0. The molecule has 2 heteroatoms. The van der Waals surface area contributed by atoms with Crippen molar-refractivity contribution in [1.29, 1.82) is 0 Å². The van der Waals surface area contributed by atoms with Crippen molar-refractivity contribution in [3.63, 3.8) is 0 Å². The second-order valence-corrected chi connectivity index (χ2v) is 10.3. The normalized spacial score (nSPS) is 11.5. The summed E-state index contributed by atoms with van der Waals surface area (Å²) in [6, 6.07) is 9.89. The van der Waals surface area contributed by atoms with Gasteiger partial charge in [-0.25, -0.2) is 0 Å². The van der Waals surface area contributed by atoms with Crippen LogP contribution in [0, 0.1) is 0 Å². The Balaban J connectivity index is 3.04. The Morgan fingerprint density at radius 1 is 1.08 bits per heavy atom. The van der Waals surface area contributed by atoms with Crippen LogP contribution in [-0.4, -0.2) is 13.5 Å². The van der Waals surface area contributed by atoms with Crippen molar-refractivity contribution in [3.05, 3.63) is 30.3 Å². The molecule has 0 bridgehead atoms. The molecule has 66 valence electrons. The first kappa shape index (κ1) is 9.66. The van der Waals surface area contributed by atoms with Crippen LogP contribution < -0.4 is 4.35 Å². The van der Waals surface area contributed by atoms with Gasteiger partial charge in [0.1, 0.15) is 0 Å². The quantitative estimate of drug-likeness (QED) is 0.723. The van der Waals surface area contributed by atoms with Crippen molar-refractivity contribution in [2.75, 3.05) is 0 Å². The molecule has 0 saturated heterocycles. The summed E-state index contributed by atoms with van der Waals surface area (Å²) in [5.74, 6) is 0. The van der Waals surface area contributed by atoms with Crippen LogP contribution in [0.3, 0.4) is 0 Å². The van der Waals surface area contributed by atoms with Crippen LogP contribution in [0.5, 0.6) is 0 Å². The van der Waals surface area contributed by atoms with Crippen LogP contribution in [0.4, 0.5) is 0 Å². The zero-order valence-electron chi connectivity index (χ0n) is 7.66. The molecule has 0 spiro atoms. The zero-order chi connectivity index (χ0) is 9.03. The van der Waals surface area contributed by atoms with Crippen molar-refractivity contribution in [2.24, 2.45) is 0 Å². The van der Waals surface area contributed by atoms with E-state index in [1.807, 2.05) is 44.2 Å². The molecule has 1 aromatic carbocycles. The van der Waals surface area contributed by atoms with E-state index in [4.69, 9.17) is 0 Å². The molecule has 0 aliphatic rings. The van der Waals surface area contributed by atoms with Crippen LogP contribution in [0.1, 0.15) is 13.8 Å². The molecular formula is C10H15AsO. The maximum absolute atomic E-state index is 12.2. The standard InChI is InChI=1S/C10H15AsO/c1-3-11(12,4-2)10-8-6-5-7-9-10/h5-9H,3-4H2,1-2H3. The average molecular weight is 226 g/mol. The molecule has 0 unspecified atom stereocenters. The van der Waals surface area contributed by atoms with Gasteiger partial charge in [-0.15, -0.1) is 0 Å². The van der Waals surface area contributed by atoms with Gasteiger partial charge in [0.15, 0.2) is 0 Å². The molecule has 1 nitrogen and oxygen atoms in total. The second-order valence-electron chi connectivity index (χ2n) is 2.86. The third-order valence-electron chi connectivity index (χ3n) is 2.25. The fourth-order valence-corrected chi connectivity index (χ4v) is 5.26. The van der Waals surface area contributed by atoms with Gasteiger partial charge in [-0.2, -0.15) is 0 Å². The Labute approximate surface area is 76.5 Å². The van der Waals surface area contributed by atoms with Crippen LogP contribution in [0.25, 0.3) is 0 Å². The predicted molar refractivity (Wildman–Crippen MR) is 53.5 cm³/mol. The molecule has 0 heterocycles. The summed E-state index contributed by atoms with van der Waals surface area (Å²) in [6.45, 7) is 4.05. The van der Waals surface area contributed by atoms with Gasteiger partial charge in [0.25, 0.3) is 0 Å². The first-order valence-corrected chi connectivity index (χ1v) is 8.72. The van der Waals surface area contributed by atoms with Crippen LogP contribution in [-0.2, 0) is 3.74 Å². The van der Waals surface area contributed by atoms with Crippen molar-refractivity contribution < 1.29 is 3.74 Å². The van der Waals surface area contributed by atoms with Gasteiger partial charge in [-0.1, -0.05) is 0 Å². The third-order valence-corrected chi connectivity index (χ3v) is 9.14. The number of hydrogen-bond acceptors (Lipinski definition) is 1. The molecule has 12 heavy (non-hydrogen) atoms. The summed E-state index contributed by atoms with van der Waals surface area (Å²) in [4.78, 5) is 0. The van der Waals surface area contributed by atoms with Crippen LogP contribution in [0.2, 0.25) is 10.4 Å².